The van der Waals surface area contributed by atoms with Crippen LogP contribution < -0.4 is 5.32 Å². The van der Waals surface area contributed by atoms with Crippen molar-refractivity contribution in [1.82, 2.24) is 15.5 Å². The molecule has 1 aliphatic carbocycles. The summed E-state index contributed by atoms with van der Waals surface area (Å²) in [7, 11) is 0. The van der Waals surface area contributed by atoms with E-state index in [1.54, 1.807) is 0 Å². The highest BCUT2D eigenvalue weighted by atomic mass is 16.5. The van der Waals surface area contributed by atoms with E-state index in [-0.39, 0.29) is 11.8 Å². The summed E-state index contributed by atoms with van der Waals surface area (Å²) in [5, 5.41) is 16.5. The third-order valence-corrected chi connectivity index (χ3v) is 4.01. The van der Waals surface area contributed by atoms with Crippen LogP contribution in [0.1, 0.15) is 51.2 Å². The Morgan fingerprint density at radius 3 is 2.90 bits per heavy atom. The van der Waals surface area contributed by atoms with E-state index < -0.39 is 5.97 Å². The zero-order valence-electron chi connectivity index (χ0n) is 12.8. The van der Waals surface area contributed by atoms with Crippen molar-refractivity contribution in [3.05, 3.63) is 11.7 Å². The van der Waals surface area contributed by atoms with E-state index in [9.17, 15) is 9.90 Å². The SMILES string of the molecule is CC(C)Cc1noc(CNCC2CCCCC2C(=O)O)n1. The number of carbonyl (C=O) groups is 1. The molecule has 0 bridgehead atoms. The highest BCUT2D eigenvalue weighted by molar-refractivity contribution is 5.70. The zero-order valence-corrected chi connectivity index (χ0v) is 12.8. The molecule has 6 nitrogen and oxygen atoms in total. The van der Waals surface area contributed by atoms with Gasteiger partial charge in [-0.05, 0) is 31.2 Å². The van der Waals surface area contributed by atoms with E-state index in [1.165, 1.54) is 0 Å². The van der Waals surface area contributed by atoms with Crippen LogP contribution in [0.25, 0.3) is 0 Å². The predicted molar refractivity (Wildman–Crippen MR) is 77.6 cm³/mol. The van der Waals surface area contributed by atoms with Gasteiger partial charge in [-0.1, -0.05) is 31.8 Å². The summed E-state index contributed by atoms with van der Waals surface area (Å²) in [5.41, 5.74) is 0. The summed E-state index contributed by atoms with van der Waals surface area (Å²) in [6, 6.07) is 0. The molecule has 2 atom stereocenters. The van der Waals surface area contributed by atoms with Gasteiger partial charge in [-0.25, -0.2) is 0 Å². The first-order valence-electron chi connectivity index (χ1n) is 7.81. The molecule has 21 heavy (non-hydrogen) atoms. The lowest BCUT2D eigenvalue weighted by molar-refractivity contribution is -0.144. The minimum absolute atomic E-state index is 0.203. The Kier molecular flexibility index (Phi) is 5.73. The van der Waals surface area contributed by atoms with Crippen LogP contribution >= 0.6 is 0 Å². The first-order valence-corrected chi connectivity index (χ1v) is 7.81. The van der Waals surface area contributed by atoms with E-state index in [4.69, 9.17) is 4.52 Å². The third-order valence-electron chi connectivity index (χ3n) is 4.01. The number of carboxylic acid groups (broad SMARTS) is 1. The van der Waals surface area contributed by atoms with Gasteiger partial charge in [0, 0.05) is 6.42 Å². The lowest BCUT2D eigenvalue weighted by Crippen LogP contribution is -2.34. The number of aliphatic carboxylic acids is 1. The van der Waals surface area contributed by atoms with Gasteiger partial charge in [-0.2, -0.15) is 4.98 Å². The fraction of sp³-hybridized carbons (Fsp3) is 0.800. The summed E-state index contributed by atoms with van der Waals surface area (Å²) in [6.45, 7) is 5.43. The summed E-state index contributed by atoms with van der Waals surface area (Å²) in [5.74, 6) is 1.14. The van der Waals surface area contributed by atoms with Gasteiger partial charge in [0.05, 0.1) is 12.5 Å². The number of nitrogens with one attached hydrogen (secondary N) is 1. The molecule has 1 aromatic rings. The number of rotatable bonds is 7. The summed E-state index contributed by atoms with van der Waals surface area (Å²) < 4.78 is 5.19. The van der Waals surface area contributed by atoms with E-state index in [0.717, 1.165) is 37.9 Å². The Morgan fingerprint density at radius 1 is 1.43 bits per heavy atom. The normalized spacial score (nSPS) is 22.6. The Morgan fingerprint density at radius 2 is 2.19 bits per heavy atom. The second kappa shape index (κ2) is 7.54. The fourth-order valence-electron chi connectivity index (χ4n) is 2.95. The Balaban J connectivity index is 1.77. The molecular weight excluding hydrogens is 270 g/mol. The maximum atomic E-state index is 11.2. The van der Waals surface area contributed by atoms with Gasteiger partial charge < -0.3 is 14.9 Å². The standard InChI is InChI=1S/C15H25N3O3/c1-10(2)7-13-17-14(21-18-13)9-16-8-11-5-3-4-6-12(11)15(19)20/h10-12,16H,3-9H2,1-2H3,(H,19,20). The quantitative estimate of drug-likeness (QED) is 0.802. The molecule has 2 N–H and O–H groups in total. The van der Waals surface area contributed by atoms with Gasteiger partial charge in [0.15, 0.2) is 5.82 Å². The Labute approximate surface area is 125 Å². The molecule has 0 saturated heterocycles. The van der Waals surface area contributed by atoms with Gasteiger partial charge in [0.25, 0.3) is 0 Å². The molecular formula is C15H25N3O3. The van der Waals surface area contributed by atoms with Crippen molar-refractivity contribution in [2.45, 2.75) is 52.5 Å². The molecule has 0 aliphatic heterocycles. The highest BCUT2D eigenvalue weighted by Gasteiger charge is 2.30. The lowest BCUT2D eigenvalue weighted by Gasteiger charge is -2.28. The molecule has 1 aliphatic rings. The van der Waals surface area contributed by atoms with Crippen molar-refractivity contribution >= 4 is 5.97 Å². The minimum atomic E-state index is -0.668. The van der Waals surface area contributed by atoms with Crippen molar-refractivity contribution < 1.29 is 14.4 Å². The maximum Gasteiger partial charge on any atom is 0.306 e. The monoisotopic (exact) mass is 295 g/mol. The van der Waals surface area contributed by atoms with Crippen LogP contribution in [0.5, 0.6) is 0 Å². The van der Waals surface area contributed by atoms with Gasteiger partial charge in [0.2, 0.25) is 5.89 Å². The molecule has 2 unspecified atom stereocenters. The van der Waals surface area contributed by atoms with Crippen LogP contribution in [0, 0.1) is 17.8 Å². The summed E-state index contributed by atoms with van der Waals surface area (Å²) in [6.07, 6.45) is 4.73. The fourth-order valence-corrected chi connectivity index (χ4v) is 2.95. The third kappa shape index (κ3) is 4.81. The van der Waals surface area contributed by atoms with E-state index >= 15 is 0 Å². The molecule has 0 aromatic carbocycles. The van der Waals surface area contributed by atoms with Crippen LogP contribution in [0.2, 0.25) is 0 Å². The highest BCUT2D eigenvalue weighted by Crippen LogP contribution is 2.29. The smallest absolute Gasteiger partial charge is 0.306 e. The molecule has 6 heteroatoms. The summed E-state index contributed by atoms with van der Waals surface area (Å²) in [4.78, 5) is 15.6. The van der Waals surface area contributed by atoms with Gasteiger partial charge in [-0.15, -0.1) is 0 Å². The number of hydrogen-bond acceptors (Lipinski definition) is 5. The zero-order chi connectivity index (χ0) is 15.2. The van der Waals surface area contributed by atoms with Crippen molar-refractivity contribution in [3.8, 4) is 0 Å². The van der Waals surface area contributed by atoms with Crippen LogP contribution in [-0.2, 0) is 17.8 Å². The summed E-state index contributed by atoms with van der Waals surface area (Å²) >= 11 is 0. The number of aromatic nitrogens is 2. The van der Waals surface area contributed by atoms with E-state index in [2.05, 4.69) is 29.3 Å². The molecule has 0 spiro atoms. The van der Waals surface area contributed by atoms with Crippen molar-refractivity contribution in [2.75, 3.05) is 6.54 Å². The van der Waals surface area contributed by atoms with Crippen molar-refractivity contribution in [3.63, 3.8) is 0 Å². The number of hydrogen-bond donors (Lipinski definition) is 2. The number of carboxylic acids is 1. The first-order chi connectivity index (χ1) is 10.1. The molecule has 1 heterocycles. The molecule has 0 amide bonds. The predicted octanol–water partition coefficient (Wildman–Crippen LogP) is 2.25. The van der Waals surface area contributed by atoms with Crippen molar-refractivity contribution in [2.24, 2.45) is 17.8 Å². The Bertz CT molecular complexity index is 459. The molecule has 118 valence electrons. The maximum absolute atomic E-state index is 11.2. The Hall–Kier alpha value is -1.43. The first kappa shape index (κ1) is 15.9. The van der Waals surface area contributed by atoms with Crippen molar-refractivity contribution in [1.29, 1.82) is 0 Å². The second-order valence-electron chi connectivity index (χ2n) is 6.32. The average molecular weight is 295 g/mol. The van der Waals surface area contributed by atoms with Gasteiger partial charge >= 0.3 is 5.97 Å². The second-order valence-corrected chi connectivity index (χ2v) is 6.32. The van der Waals surface area contributed by atoms with Crippen LogP contribution in [0.15, 0.2) is 4.52 Å². The van der Waals surface area contributed by atoms with Crippen LogP contribution in [0.4, 0.5) is 0 Å². The molecule has 2 rings (SSSR count). The average Bonchev–Trinajstić information content (AvgIpc) is 2.86. The largest absolute Gasteiger partial charge is 0.481 e. The molecule has 1 saturated carbocycles. The van der Waals surface area contributed by atoms with Crippen LogP contribution in [-0.4, -0.2) is 27.8 Å². The van der Waals surface area contributed by atoms with E-state index in [1.807, 2.05) is 0 Å². The van der Waals surface area contributed by atoms with Gasteiger partial charge in [0.1, 0.15) is 0 Å². The molecule has 0 radical (unpaired) electrons. The number of nitrogens with zero attached hydrogens (tertiary/aromatic N) is 2. The van der Waals surface area contributed by atoms with Gasteiger partial charge in [-0.3, -0.25) is 4.79 Å². The van der Waals surface area contributed by atoms with Crippen LogP contribution in [0.3, 0.4) is 0 Å². The van der Waals surface area contributed by atoms with E-state index in [0.29, 0.717) is 24.9 Å². The topological polar surface area (TPSA) is 88.2 Å². The molecule has 1 fully saturated rings. The molecule has 1 aromatic heterocycles. The minimum Gasteiger partial charge on any atom is -0.481 e. The lowest BCUT2D eigenvalue weighted by atomic mass is 9.79.